The lowest BCUT2D eigenvalue weighted by atomic mass is 9.68. The van der Waals surface area contributed by atoms with Gasteiger partial charge in [-0.15, -0.1) is 0 Å². The number of carbonyl (C=O) groups is 3. The van der Waals surface area contributed by atoms with Crippen molar-refractivity contribution in [1.29, 1.82) is 0 Å². The van der Waals surface area contributed by atoms with Crippen molar-refractivity contribution < 1.29 is 27.4 Å². The number of unbranched alkanes of at least 4 members (excludes halogenated alkanes) is 5. The average molecular weight is 411 g/mol. The first-order valence-electron chi connectivity index (χ1n) is 10.1. The number of allylic oxidation sites excluding steroid dienone is 4. The predicted molar refractivity (Wildman–Crippen MR) is 106 cm³/mol. The minimum absolute atomic E-state index is 0.0676. The fraction of sp³-hybridized carbons (Fsp3) is 0.667. The molecule has 0 aromatic carbocycles. The molecule has 1 fully saturated rings. The minimum atomic E-state index is -4.77. The standard InChI is InChI=1S/C21H30O6S/c1-4-5-6-7-8-9-10-14-11-16(22)18-15(13(2)3)12-17(28(25,26)27)21(24)19(18)20(14)23/h12-14,19H,4-11H2,1-3H3,(H,25,26,27). The fourth-order valence-electron chi connectivity index (χ4n) is 4.09. The van der Waals surface area contributed by atoms with Gasteiger partial charge in [-0.1, -0.05) is 59.3 Å². The maximum atomic E-state index is 13.0. The molecule has 156 valence electrons. The van der Waals surface area contributed by atoms with Crippen LogP contribution in [-0.4, -0.2) is 30.3 Å². The van der Waals surface area contributed by atoms with Crippen LogP contribution in [0.3, 0.4) is 0 Å². The van der Waals surface area contributed by atoms with Crippen molar-refractivity contribution in [1.82, 2.24) is 0 Å². The van der Waals surface area contributed by atoms with E-state index in [9.17, 15) is 27.4 Å². The van der Waals surface area contributed by atoms with Crippen molar-refractivity contribution in [3.63, 3.8) is 0 Å². The molecule has 2 atom stereocenters. The van der Waals surface area contributed by atoms with Gasteiger partial charge in [0.15, 0.2) is 17.3 Å². The fourth-order valence-corrected chi connectivity index (χ4v) is 4.74. The Hall–Kier alpha value is -1.60. The highest BCUT2D eigenvalue weighted by molar-refractivity contribution is 7.90. The summed E-state index contributed by atoms with van der Waals surface area (Å²) in [5.74, 6) is -3.85. The number of hydrogen-bond donors (Lipinski definition) is 1. The van der Waals surface area contributed by atoms with Gasteiger partial charge in [0.25, 0.3) is 10.1 Å². The van der Waals surface area contributed by atoms with E-state index in [0.29, 0.717) is 12.0 Å². The summed E-state index contributed by atoms with van der Waals surface area (Å²) < 4.78 is 32.7. The molecular formula is C21H30O6S. The molecule has 0 aromatic rings. The molecule has 28 heavy (non-hydrogen) atoms. The van der Waals surface area contributed by atoms with Crippen LogP contribution in [0.1, 0.15) is 72.1 Å². The lowest BCUT2D eigenvalue weighted by molar-refractivity contribution is -0.138. The Labute approximate surface area is 167 Å². The van der Waals surface area contributed by atoms with Crippen molar-refractivity contribution >= 4 is 27.5 Å². The highest BCUT2D eigenvalue weighted by atomic mass is 32.2. The minimum Gasteiger partial charge on any atom is -0.298 e. The van der Waals surface area contributed by atoms with Crippen LogP contribution < -0.4 is 0 Å². The van der Waals surface area contributed by atoms with Gasteiger partial charge in [0, 0.05) is 17.9 Å². The van der Waals surface area contributed by atoms with Crippen LogP contribution >= 0.6 is 0 Å². The van der Waals surface area contributed by atoms with Gasteiger partial charge < -0.3 is 0 Å². The van der Waals surface area contributed by atoms with E-state index in [1.165, 1.54) is 6.42 Å². The van der Waals surface area contributed by atoms with Gasteiger partial charge in [0.2, 0.25) is 0 Å². The van der Waals surface area contributed by atoms with Gasteiger partial charge in [-0.2, -0.15) is 8.42 Å². The maximum absolute atomic E-state index is 13.0. The third-order valence-corrected chi connectivity index (χ3v) is 6.49. The van der Waals surface area contributed by atoms with E-state index in [4.69, 9.17) is 0 Å². The molecule has 2 aliphatic carbocycles. The summed E-state index contributed by atoms with van der Waals surface area (Å²) in [6.07, 6.45) is 7.95. The van der Waals surface area contributed by atoms with E-state index >= 15 is 0 Å². The lowest BCUT2D eigenvalue weighted by Crippen LogP contribution is -2.44. The highest BCUT2D eigenvalue weighted by Crippen LogP contribution is 2.40. The van der Waals surface area contributed by atoms with Crippen molar-refractivity contribution in [2.24, 2.45) is 17.8 Å². The molecule has 1 saturated carbocycles. The Morgan fingerprint density at radius 3 is 2.25 bits per heavy atom. The van der Waals surface area contributed by atoms with Gasteiger partial charge in [0.1, 0.15) is 10.8 Å². The van der Waals surface area contributed by atoms with Gasteiger partial charge >= 0.3 is 0 Å². The van der Waals surface area contributed by atoms with Crippen LogP contribution in [0.5, 0.6) is 0 Å². The second-order valence-electron chi connectivity index (χ2n) is 8.09. The molecule has 1 N–H and O–H groups in total. The van der Waals surface area contributed by atoms with Crippen molar-refractivity contribution in [3.8, 4) is 0 Å². The lowest BCUT2D eigenvalue weighted by Gasteiger charge is -2.33. The van der Waals surface area contributed by atoms with E-state index in [1.54, 1.807) is 13.8 Å². The molecule has 0 aromatic heterocycles. The third-order valence-electron chi connectivity index (χ3n) is 5.62. The van der Waals surface area contributed by atoms with Crippen LogP contribution in [0.25, 0.3) is 0 Å². The molecule has 0 saturated heterocycles. The van der Waals surface area contributed by atoms with Gasteiger partial charge in [0.05, 0.1) is 0 Å². The van der Waals surface area contributed by atoms with E-state index < -0.39 is 32.6 Å². The quantitative estimate of drug-likeness (QED) is 0.352. The second kappa shape index (κ2) is 9.27. The second-order valence-corrected chi connectivity index (χ2v) is 9.48. The summed E-state index contributed by atoms with van der Waals surface area (Å²) in [6, 6.07) is 0. The Kier molecular flexibility index (Phi) is 7.51. The zero-order valence-corrected chi connectivity index (χ0v) is 17.7. The maximum Gasteiger partial charge on any atom is 0.298 e. The molecule has 2 rings (SSSR count). The number of carbonyl (C=O) groups excluding carboxylic acids is 3. The predicted octanol–water partition coefficient (Wildman–Crippen LogP) is 3.82. The molecule has 2 unspecified atom stereocenters. The van der Waals surface area contributed by atoms with Gasteiger partial charge in [-0.3, -0.25) is 18.9 Å². The van der Waals surface area contributed by atoms with E-state index in [0.717, 1.165) is 38.2 Å². The van der Waals surface area contributed by atoms with Crippen LogP contribution in [-0.2, 0) is 24.5 Å². The first-order valence-corrected chi connectivity index (χ1v) is 11.6. The Morgan fingerprint density at radius 1 is 1.07 bits per heavy atom. The summed E-state index contributed by atoms with van der Waals surface area (Å²) in [5.41, 5.74) is 0.477. The summed E-state index contributed by atoms with van der Waals surface area (Å²) in [7, 11) is -4.77. The zero-order chi connectivity index (χ0) is 21.1. The number of rotatable bonds is 9. The molecule has 0 amide bonds. The number of fused-ring (bicyclic) bond motifs is 1. The smallest absolute Gasteiger partial charge is 0.298 e. The van der Waals surface area contributed by atoms with Crippen molar-refractivity contribution in [3.05, 3.63) is 22.1 Å². The van der Waals surface area contributed by atoms with Crippen LogP contribution in [0.15, 0.2) is 22.1 Å². The Morgan fingerprint density at radius 2 is 1.68 bits per heavy atom. The van der Waals surface area contributed by atoms with Gasteiger partial charge in [-0.05, 0) is 24.0 Å². The molecule has 0 spiro atoms. The van der Waals surface area contributed by atoms with Crippen molar-refractivity contribution in [2.45, 2.75) is 72.1 Å². The molecule has 0 aliphatic heterocycles. The molecule has 2 aliphatic rings. The molecule has 7 heteroatoms. The topological polar surface area (TPSA) is 106 Å². The van der Waals surface area contributed by atoms with E-state index in [-0.39, 0.29) is 29.5 Å². The zero-order valence-electron chi connectivity index (χ0n) is 16.9. The number of ketones is 3. The summed E-state index contributed by atoms with van der Waals surface area (Å²) >= 11 is 0. The number of Topliss-reactive ketones (excluding diaryl/α,β-unsaturated/α-hetero) is 3. The van der Waals surface area contributed by atoms with E-state index in [2.05, 4.69) is 6.92 Å². The molecule has 6 nitrogen and oxygen atoms in total. The average Bonchev–Trinajstić information content (AvgIpc) is 2.60. The third kappa shape index (κ3) is 4.87. The molecular weight excluding hydrogens is 380 g/mol. The van der Waals surface area contributed by atoms with Crippen molar-refractivity contribution in [2.75, 3.05) is 0 Å². The normalized spacial score (nSPS) is 23.3. The van der Waals surface area contributed by atoms with Gasteiger partial charge in [-0.25, -0.2) is 0 Å². The monoisotopic (exact) mass is 410 g/mol. The highest BCUT2D eigenvalue weighted by Gasteiger charge is 2.49. The van der Waals surface area contributed by atoms with Crippen LogP contribution in [0.2, 0.25) is 0 Å². The van der Waals surface area contributed by atoms with Crippen LogP contribution in [0, 0.1) is 17.8 Å². The molecule has 0 radical (unpaired) electrons. The Balaban J connectivity index is 2.26. The Bertz CT molecular complexity index is 816. The molecule has 0 bridgehead atoms. The summed E-state index contributed by atoms with van der Waals surface area (Å²) in [4.78, 5) is 37.7. The number of hydrogen-bond acceptors (Lipinski definition) is 5. The molecule has 0 heterocycles. The summed E-state index contributed by atoms with van der Waals surface area (Å²) in [6.45, 7) is 5.65. The largest absolute Gasteiger partial charge is 0.298 e. The van der Waals surface area contributed by atoms with Crippen LogP contribution in [0.4, 0.5) is 0 Å². The van der Waals surface area contributed by atoms with E-state index in [1.807, 2.05) is 0 Å². The first-order chi connectivity index (χ1) is 13.1. The SMILES string of the molecule is CCCCCCCCC1CC(=O)C2=C(C(C)C)C=C(S(=O)(=O)O)C(=O)C2C1=O. The summed E-state index contributed by atoms with van der Waals surface area (Å²) in [5, 5.41) is 0. The first kappa shape index (κ1) is 22.7.